The summed E-state index contributed by atoms with van der Waals surface area (Å²) in [6, 6.07) is 7.95. The quantitative estimate of drug-likeness (QED) is 0.893. The van der Waals surface area contributed by atoms with Crippen molar-refractivity contribution in [2.45, 2.75) is 18.9 Å². The second-order valence-electron chi connectivity index (χ2n) is 6.43. The Balaban J connectivity index is 1.39. The van der Waals surface area contributed by atoms with E-state index in [4.69, 9.17) is 9.47 Å². The normalized spacial score (nSPS) is 21.6. The highest BCUT2D eigenvalue weighted by atomic mass is 32.2. The van der Waals surface area contributed by atoms with Crippen molar-refractivity contribution in [3.8, 4) is 5.75 Å². The highest BCUT2D eigenvalue weighted by Crippen LogP contribution is 2.28. The van der Waals surface area contributed by atoms with Gasteiger partial charge in [0.25, 0.3) is 10.2 Å². The molecule has 0 saturated carbocycles. The van der Waals surface area contributed by atoms with E-state index >= 15 is 0 Å². The fourth-order valence-corrected chi connectivity index (χ4v) is 5.07. The number of piperidine rings is 1. The minimum Gasteiger partial charge on any atom is -0.490 e. The molecule has 25 heavy (non-hydrogen) atoms. The lowest BCUT2D eigenvalue weighted by Gasteiger charge is -2.36. The highest BCUT2D eigenvalue weighted by molar-refractivity contribution is 7.86. The Morgan fingerprint density at radius 3 is 2.52 bits per heavy atom. The summed E-state index contributed by atoms with van der Waals surface area (Å²) in [5.74, 6) is 0.855. The smallest absolute Gasteiger partial charge is 0.282 e. The number of morpholine rings is 1. The number of benzene rings is 1. The molecule has 1 aromatic carbocycles. The van der Waals surface area contributed by atoms with E-state index < -0.39 is 10.2 Å². The molecule has 0 amide bonds. The summed E-state index contributed by atoms with van der Waals surface area (Å²) in [4.78, 5) is 3.18. The molecule has 0 aliphatic carbocycles. The third-order valence-corrected chi connectivity index (χ3v) is 6.91. The van der Waals surface area contributed by atoms with Crippen molar-refractivity contribution < 1.29 is 17.9 Å². The number of ether oxygens (including phenoxy) is 2. The first kappa shape index (κ1) is 16.8. The SMILES string of the molecule is O=S(=O)(N1CCOCC1)N1CCC(Oc2cccc3[nH]ccc23)CC1. The van der Waals surface area contributed by atoms with E-state index in [0.717, 1.165) is 16.7 Å². The van der Waals surface area contributed by atoms with E-state index in [0.29, 0.717) is 52.2 Å². The Morgan fingerprint density at radius 2 is 1.76 bits per heavy atom. The van der Waals surface area contributed by atoms with E-state index in [-0.39, 0.29) is 6.10 Å². The summed E-state index contributed by atoms with van der Waals surface area (Å²) in [5, 5.41) is 1.06. The van der Waals surface area contributed by atoms with Crippen LogP contribution in [0.15, 0.2) is 30.5 Å². The maximum absolute atomic E-state index is 12.7. The number of fused-ring (bicyclic) bond motifs is 1. The van der Waals surface area contributed by atoms with Crippen LogP contribution in [0.3, 0.4) is 0 Å². The number of nitrogens with zero attached hydrogens (tertiary/aromatic N) is 2. The fraction of sp³-hybridized carbons (Fsp3) is 0.529. The Labute approximate surface area is 147 Å². The molecular weight excluding hydrogens is 342 g/mol. The summed E-state index contributed by atoms with van der Waals surface area (Å²) in [5.41, 5.74) is 1.05. The van der Waals surface area contributed by atoms with Crippen molar-refractivity contribution in [1.29, 1.82) is 0 Å². The first-order valence-electron chi connectivity index (χ1n) is 8.70. The third-order valence-electron chi connectivity index (χ3n) is 4.87. The van der Waals surface area contributed by atoms with Crippen LogP contribution in [0.4, 0.5) is 0 Å². The van der Waals surface area contributed by atoms with Crippen LogP contribution < -0.4 is 4.74 Å². The maximum atomic E-state index is 12.7. The van der Waals surface area contributed by atoms with Gasteiger partial charge in [-0.3, -0.25) is 0 Å². The van der Waals surface area contributed by atoms with Gasteiger partial charge in [0, 0.05) is 43.3 Å². The molecule has 8 heteroatoms. The van der Waals surface area contributed by atoms with Crippen LogP contribution in [0.1, 0.15) is 12.8 Å². The Morgan fingerprint density at radius 1 is 1.04 bits per heavy atom. The summed E-state index contributed by atoms with van der Waals surface area (Å²) < 4.78 is 39.9. The number of hydrogen-bond acceptors (Lipinski definition) is 4. The lowest BCUT2D eigenvalue weighted by Crippen LogP contribution is -2.51. The van der Waals surface area contributed by atoms with E-state index in [1.54, 1.807) is 4.31 Å². The number of H-pyrrole nitrogens is 1. The summed E-state index contributed by atoms with van der Waals surface area (Å²) >= 11 is 0. The number of rotatable bonds is 4. The molecule has 0 unspecified atom stereocenters. The maximum Gasteiger partial charge on any atom is 0.282 e. The van der Waals surface area contributed by atoms with Crippen molar-refractivity contribution in [2.75, 3.05) is 39.4 Å². The van der Waals surface area contributed by atoms with Crippen LogP contribution in [-0.4, -0.2) is 67.5 Å². The lowest BCUT2D eigenvalue weighted by atomic mass is 10.1. The van der Waals surface area contributed by atoms with Gasteiger partial charge in [0.15, 0.2) is 0 Å². The summed E-state index contributed by atoms with van der Waals surface area (Å²) in [7, 11) is -3.38. The Bertz CT molecular complexity index is 821. The van der Waals surface area contributed by atoms with Crippen LogP contribution in [0.5, 0.6) is 5.75 Å². The van der Waals surface area contributed by atoms with Gasteiger partial charge in [-0.05, 0) is 31.0 Å². The third kappa shape index (κ3) is 3.39. The van der Waals surface area contributed by atoms with Crippen LogP contribution in [0.2, 0.25) is 0 Å². The van der Waals surface area contributed by atoms with Gasteiger partial charge in [-0.15, -0.1) is 0 Å². The van der Waals surface area contributed by atoms with E-state index in [1.165, 1.54) is 4.31 Å². The molecule has 2 fully saturated rings. The van der Waals surface area contributed by atoms with Gasteiger partial charge in [0.2, 0.25) is 0 Å². The molecule has 2 aromatic rings. The minimum atomic E-state index is -3.38. The average molecular weight is 365 g/mol. The molecule has 1 N–H and O–H groups in total. The van der Waals surface area contributed by atoms with E-state index in [2.05, 4.69) is 4.98 Å². The van der Waals surface area contributed by atoms with Crippen molar-refractivity contribution in [1.82, 2.24) is 13.6 Å². The fourth-order valence-electron chi connectivity index (χ4n) is 3.46. The van der Waals surface area contributed by atoms with Gasteiger partial charge >= 0.3 is 0 Å². The second kappa shape index (κ2) is 6.95. The highest BCUT2D eigenvalue weighted by Gasteiger charge is 2.34. The van der Waals surface area contributed by atoms with Crippen molar-refractivity contribution >= 4 is 21.1 Å². The topological polar surface area (TPSA) is 74.9 Å². The van der Waals surface area contributed by atoms with Crippen molar-refractivity contribution in [3.05, 3.63) is 30.5 Å². The van der Waals surface area contributed by atoms with Gasteiger partial charge < -0.3 is 14.5 Å². The molecule has 3 heterocycles. The van der Waals surface area contributed by atoms with Crippen LogP contribution >= 0.6 is 0 Å². The van der Waals surface area contributed by atoms with E-state index in [1.807, 2.05) is 30.5 Å². The largest absolute Gasteiger partial charge is 0.490 e. The van der Waals surface area contributed by atoms with Gasteiger partial charge in [0.05, 0.1) is 13.2 Å². The molecule has 136 valence electrons. The van der Waals surface area contributed by atoms with Gasteiger partial charge in [-0.2, -0.15) is 17.0 Å². The number of aromatic amines is 1. The summed E-state index contributed by atoms with van der Waals surface area (Å²) in [6.45, 7) is 2.81. The monoisotopic (exact) mass is 365 g/mol. The zero-order valence-corrected chi connectivity index (χ0v) is 14.9. The zero-order valence-electron chi connectivity index (χ0n) is 14.1. The molecule has 0 bridgehead atoms. The standard InChI is InChI=1S/C17H23N3O4S/c21-25(22,20-10-12-23-13-11-20)19-8-5-14(6-9-19)24-17-3-1-2-16-15(17)4-7-18-16/h1-4,7,14,18H,5-6,8-13H2. The molecule has 7 nitrogen and oxygen atoms in total. The molecule has 4 rings (SSSR count). The number of nitrogens with one attached hydrogen (secondary N) is 1. The van der Waals surface area contributed by atoms with Crippen molar-refractivity contribution in [2.24, 2.45) is 0 Å². The van der Waals surface area contributed by atoms with E-state index in [9.17, 15) is 8.42 Å². The molecule has 0 spiro atoms. The first-order chi connectivity index (χ1) is 12.1. The van der Waals surface area contributed by atoms with Crippen LogP contribution in [0, 0.1) is 0 Å². The molecule has 0 atom stereocenters. The second-order valence-corrected chi connectivity index (χ2v) is 8.36. The minimum absolute atomic E-state index is 0.0386. The van der Waals surface area contributed by atoms with Gasteiger partial charge in [0.1, 0.15) is 11.9 Å². The lowest BCUT2D eigenvalue weighted by molar-refractivity contribution is 0.0677. The summed E-state index contributed by atoms with van der Waals surface area (Å²) in [6.07, 6.45) is 3.33. The predicted molar refractivity (Wildman–Crippen MR) is 94.8 cm³/mol. The first-order valence-corrected chi connectivity index (χ1v) is 10.1. The van der Waals surface area contributed by atoms with Crippen LogP contribution in [0.25, 0.3) is 10.9 Å². The Kier molecular flexibility index (Phi) is 4.68. The van der Waals surface area contributed by atoms with Gasteiger partial charge in [-0.25, -0.2) is 0 Å². The number of aromatic nitrogens is 1. The van der Waals surface area contributed by atoms with Gasteiger partial charge in [-0.1, -0.05) is 6.07 Å². The molecule has 2 aliphatic heterocycles. The number of hydrogen-bond donors (Lipinski definition) is 1. The molecule has 1 aromatic heterocycles. The zero-order chi connectivity index (χ0) is 17.3. The van der Waals surface area contributed by atoms with Crippen LogP contribution in [-0.2, 0) is 14.9 Å². The van der Waals surface area contributed by atoms with Crippen molar-refractivity contribution in [3.63, 3.8) is 0 Å². The molecular formula is C17H23N3O4S. The Hall–Kier alpha value is -1.61. The molecule has 0 radical (unpaired) electrons. The average Bonchev–Trinajstić information content (AvgIpc) is 3.13. The predicted octanol–water partition coefficient (Wildman–Crippen LogP) is 1.59. The molecule has 2 saturated heterocycles. The molecule has 2 aliphatic rings.